The zero-order valence-electron chi connectivity index (χ0n) is 13.4. The van der Waals surface area contributed by atoms with Gasteiger partial charge in [-0.25, -0.2) is 9.78 Å². The highest BCUT2D eigenvalue weighted by Gasteiger charge is 2.31. The summed E-state index contributed by atoms with van der Waals surface area (Å²) in [5, 5.41) is 11.3. The van der Waals surface area contributed by atoms with E-state index >= 15 is 0 Å². The number of para-hydroxylation sites is 1. The number of anilines is 1. The van der Waals surface area contributed by atoms with Crippen molar-refractivity contribution in [3.8, 4) is 5.69 Å². The highest BCUT2D eigenvalue weighted by atomic mass is 16.6. The molecule has 1 atom stereocenters. The van der Waals surface area contributed by atoms with Gasteiger partial charge in [-0.2, -0.15) is 9.67 Å². The Labute approximate surface area is 147 Å². The van der Waals surface area contributed by atoms with Gasteiger partial charge in [0.05, 0.1) is 17.4 Å². The van der Waals surface area contributed by atoms with Crippen molar-refractivity contribution in [1.29, 1.82) is 0 Å². The average Bonchev–Trinajstić information content (AvgIpc) is 3.24. The molecule has 0 bridgehead atoms. The minimum atomic E-state index is -0.628. The second kappa shape index (κ2) is 5.62. The molecule has 2 aromatic heterocycles. The van der Waals surface area contributed by atoms with E-state index < -0.39 is 6.23 Å². The van der Waals surface area contributed by atoms with Gasteiger partial charge in [-0.15, -0.1) is 5.10 Å². The molecule has 1 unspecified atom stereocenters. The first-order valence-corrected chi connectivity index (χ1v) is 8.00. The molecular formula is C18H12N6O2. The number of nitrogens with one attached hydrogen (secondary N) is 1. The minimum Gasteiger partial charge on any atom is -0.434 e. The highest BCUT2D eigenvalue weighted by molar-refractivity contribution is 5.94. The summed E-state index contributed by atoms with van der Waals surface area (Å²) in [6, 6.07) is 16.8. The second-order valence-corrected chi connectivity index (χ2v) is 5.76. The maximum atomic E-state index is 11.9. The molecule has 4 aromatic rings. The van der Waals surface area contributed by atoms with Crippen LogP contribution < -0.4 is 5.32 Å². The summed E-state index contributed by atoms with van der Waals surface area (Å²) in [5.74, 6) is -0.0401. The Bertz CT molecular complexity index is 1120. The molecule has 0 spiro atoms. The Kier molecular flexibility index (Phi) is 3.14. The van der Waals surface area contributed by atoms with Gasteiger partial charge >= 0.3 is 5.97 Å². The fourth-order valence-corrected chi connectivity index (χ4v) is 2.91. The van der Waals surface area contributed by atoms with Crippen molar-refractivity contribution in [2.24, 2.45) is 0 Å². The lowest BCUT2D eigenvalue weighted by atomic mass is 10.1. The summed E-state index contributed by atoms with van der Waals surface area (Å²) < 4.78 is 7.01. The number of hydrogen-bond acceptors (Lipinski definition) is 7. The van der Waals surface area contributed by atoms with Crippen molar-refractivity contribution < 1.29 is 9.53 Å². The number of esters is 1. The van der Waals surface area contributed by atoms with E-state index in [0.717, 1.165) is 11.3 Å². The third-order valence-corrected chi connectivity index (χ3v) is 4.14. The Balaban J connectivity index is 1.52. The lowest BCUT2D eigenvalue weighted by Crippen LogP contribution is -2.13. The van der Waals surface area contributed by atoms with E-state index in [4.69, 9.17) is 4.74 Å². The zero-order chi connectivity index (χ0) is 17.5. The molecular weight excluding hydrogens is 332 g/mol. The lowest BCUT2D eigenvalue weighted by Gasteiger charge is -2.12. The average molecular weight is 344 g/mol. The monoisotopic (exact) mass is 344 g/mol. The standard InChI is InChI=1S/C18H12N6O2/c25-17-13-9-5-4-8-12(13)16(26-17)21-18-19-10-14-15(20-18)24(23-22-14)11-6-2-1-3-7-11/h1-10,16H,(H,19,20,21). The predicted molar refractivity (Wildman–Crippen MR) is 92.7 cm³/mol. The molecule has 8 nitrogen and oxygen atoms in total. The van der Waals surface area contributed by atoms with Crippen LogP contribution >= 0.6 is 0 Å². The number of ether oxygens (including phenoxy) is 1. The largest absolute Gasteiger partial charge is 0.434 e. The van der Waals surface area contributed by atoms with E-state index in [1.54, 1.807) is 23.0 Å². The number of aromatic nitrogens is 5. The Hall–Kier alpha value is -3.81. The molecule has 5 rings (SSSR count). The molecule has 0 amide bonds. The number of cyclic esters (lactones) is 1. The van der Waals surface area contributed by atoms with Crippen molar-refractivity contribution in [2.75, 3.05) is 5.32 Å². The van der Waals surface area contributed by atoms with Gasteiger partial charge in [0.2, 0.25) is 12.2 Å². The number of hydrogen-bond donors (Lipinski definition) is 1. The summed E-state index contributed by atoms with van der Waals surface area (Å²) in [7, 11) is 0. The molecule has 0 radical (unpaired) electrons. The first-order valence-electron chi connectivity index (χ1n) is 8.00. The summed E-state index contributed by atoms with van der Waals surface area (Å²) >= 11 is 0. The molecule has 0 saturated carbocycles. The minimum absolute atomic E-state index is 0.325. The number of carbonyl (C=O) groups is 1. The van der Waals surface area contributed by atoms with Gasteiger partial charge in [0.15, 0.2) is 11.2 Å². The van der Waals surface area contributed by atoms with Gasteiger partial charge in [-0.05, 0) is 18.2 Å². The molecule has 126 valence electrons. The third kappa shape index (κ3) is 2.27. The first kappa shape index (κ1) is 14.5. The molecule has 8 heteroatoms. The number of carbonyl (C=O) groups excluding carboxylic acids is 1. The zero-order valence-corrected chi connectivity index (χ0v) is 13.4. The summed E-state index contributed by atoms with van der Waals surface area (Å²) in [6.45, 7) is 0. The van der Waals surface area contributed by atoms with Gasteiger partial charge in [0.1, 0.15) is 0 Å². The van der Waals surface area contributed by atoms with Crippen LogP contribution in [0.25, 0.3) is 16.9 Å². The third-order valence-electron chi connectivity index (χ3n) is 4.14. The van der Waals surface area contributed by atoms with Crippen LogP contribution in [0, 0.1) is 0 Å². The van der Waals surface area contributed by atoms with Crippen LogP contribution in [0.2, 0.25) is 0 Å². The molecule has 1 aliphatic rings. The Morgan fingerprint density at radius 3 is 2.73 bits per heavy atom. The molecule has 0 aliphatic carbocycles. The van der Waals surface area contributed by atoms with Crippen molar-refractivity contribution in [2.45, 2.75) is 6.23 Å². The topological polar surface area (TPSA) is 94.8 Å². The quantitative estimate of drug-likeness (QED) is 0.571. The molecule has 1 N–H and O–H groups in total. The van der Waals surface area contributed by atoms with Gasteiger partial charge in [0.25, 0.3) is 0 Å². The number of fused-ring (bicyclic) bond motifs is 2. The van der Waals surface area contributed by atoms with E-state index in [0.29, 0.717) is 22.7 Å². The molecule has 0 saturated heterocycles. The number of nitrogens with zero attached hydrogens (tertiary/aromatic N) is 5. The van der Waals surface area contributed by atoms with Crippen LogP contribution in [0.3, 0.4) is 0 Å². The number of rotatable bonds is 3. The molecule has 26 heavy (non-hydrogen) atoms. The predicted octanol–water partition coefficient (Wildman–Crippen LogP) is 2.49. The van der Waals surface area contributed by atoms with Crippen molar-refractivity contribution in [3.63, 3.8) is 0 Å². The van der Waals surface area contributed by atoms with E-state index in [-0.39, 0.29) is 5.97 Å². The van der Waals surface area contributed by atoms with Crippen molar-refractivity contribution in [3.05, 3.63) is 71.9 Å². The lowest BCUT2D eigenvalue weighted by molar-refractivity contribution is 0.0436. The van der Waals surface area contributed by atoms with E-state index in [1.165, 1.54) is 0 Å². The SMILES string of the molecule is O=C1OC(Nc2ncc3nnn(-c4ccccc4)c3n2)c2ccccc21. The van der Waals surface area contributed by atoms with Crippen LogP contribution in [-0.4, -0.2) is 30.9 Å². The molecule has 0 fully saturated rings. The summed E-state index contributed by atoms with van der Waals surface area (Å²) in [6.07, 6.45) is 0.956. The highest BCUT2D eigenvalue weighted by Crippen LogP contribution is 2.30. The molecule has 3 heterocycles. The van der Waals surface area contributed by atoms with E-state index in [2.05, 4.69) is 25.6 Å². The fraction of sp³-hybridized carbons (Fsp3) is 0.0556. The maximum absolute atomic E-state index is 11.9. The fourth-order valence-electron chi connectivity index (χ4n) is 2.91. The van der Waals surface area contributed by atoms with Crippen LogP contribution in [0.15, 0.2) is 60.8 Å². The Morgan fingerprint density at radius 1 is 1.04 bits per heavy atom. The number of benzene rings is 2. The van der Waals surface area contributed by atoms with Crippen LogP contribution in [0.5, 0.6) is 0 Å². The van der Waals surface area contributed by atoms with Gasteiger partial charge < -0.3 is 10.1 Å². The van der Waals surface area contributed by atoms with Crippen LogP contribution in [0.4, 0.5) is 5.95 Å². The van der Waals surface area contributed by atoms with E-state index in [1.807, 2.05) is 42.5 Å². The summed E-state index contributed by atoms with van der Waals surface area (Å²) in [5.41, 5.74) is 3.28. The van der Waals surface area contributed by atoms with Crippen molar-refractivity contribution >= 4 is 23.1 Å². The second-order valence-electron chi connectivity index (χ2n) is 5.76. The summed E-state index contributed by atoms with van der Waals surface area (Å²) in [4.78, 5) is 20.7. The van der Waals surface area contributed by atoms with Gasteiger partial charge in [0, 0.05) is 5.56 Å². The van der Waals surface area contributed by atoms with Crippen LogP contribution in [-0.2, 0) is 4.74 Å². The van der Waals surface area contributed by atoms with Crippen molar-refractivity contribution in [1.82, 2.24) is 25.0 Å². The maximum Gasteiger partial charge on any atom is 0.340 e. The van der Waals surface area contributed by atoms with Gasteiger partial charge in [-0.3, -0.25) is 0 Å². The Morgan fingerprint density at radius 2 is 1.85 bits per heavy atom. The van der Waals surface area contributed by atoms with E-state index in [9.17, 15) is 4.79 Å². The molecule has 1 aliphatic heterocycles. The first-order chi connectivity index (χ1) is 12.8. The van der Waals surface area contributed by atoms with Gasteiger partial charge in [-0.1, -0.05) is 41.6 Å². The smallest absolute Gasteiger partial charge is 0.340 e. The molecule has 2 aromatic carbocycles. The van der Waals surface area contributed by atoms with Crippen LogP contribution in [0.1, 0.15) is 22.1 Å². The normalized spacial score (nSPS) is 15.7.